The summed E-state index contributed by atoms with van der Waals surface area (Å²) in [7, 11) is 0. The maximum absolute atomic E-state index is 12.4. The van der Waals surface area contributed by atoms with Crippen LogP contribution in [-0.2, 0) is 4.74 Å². The van der Waals surface area contributed by atoms with Crippen LogP contribution in [0, 0.1) is 5.92 Å². The molecule has 2 aliphatic rings. The van der Waals surface area contributed by atoms with Crippen LogP contribution >= 0.6 is 23.1 Å². The third kappa shape index (κ3) is 3.74. The predicted molar refractivity (Wildman–Crippen MR) is 88.2 cm³/mol. The minimum Gasteiger partial charge on any atom is -0.444 e. The summed E-state index contributed by atoms with van der Waals surface area (Å²) in [5.74, 6) is 1.73. The molecule has 5 nitrogen and oxygen atoms in total. The summed E-state index contributed by atoms with van der Waals surface area (Å²) in [5, 5.41) is 7.96. The Balaban J connectivity index is 1.56. The number of hydrogen-bond donors (Lipinski definition) is 0. The second-order valence-electron chi connectivity index (χ2n) is 7.13. The number of fused-ring (bicyclic) bond motifs is 2. The first-order valence-corrected chi connectivity index (χ1v) is 9.69. The van der Waals surface area contributed by atoms with E-state index in [0.29, 0.717) is 18.0 Å². The van der Waals surface area contributed by atoms with Gasteiger partial charge in [0, 0.05) is 17.8 Å². The molecule has 1 aromatic heterocycles. The Morgan fingerprint density at radius 3 is 2.64 bits per heavy atom. The SMILES string of the molecule is CC(C)(C)OC(=O)N1C2CCC1CC(CSc1nncs1)C2. The predicted octanol–water partition coefficient (Wildman–Crippen LogP) is 3.81. The van der Waals surface area contributed by atoms with Gasteiger partial charge in [0.25, 0.3) is 0 Å². The van der Waals surface area contributed by atoms with Gasteiger partial charge in [-0.25, -0.2) is 4.79 Å². The minimum atomic E-state index is -0.416. The van der Waals surface area contributed by atoms with Crippen LogP contribution in [0.25, 0.3) is 0 Å². The van der Waals surface area contributed by atoms with Crippen LogP contribution in [0.15, 0.2) is 9.85 Å². The quantitative estimate of drug-likeness (QED) is 0.783. The molecule has 0 saturated carbocycles. The Morgan fingerprint density at radius 2 is 2.09 bits per heavy atom. The molecule has 2 bridgehead atoms. The lowest BCUT2D eigenvalue weighted by Crippen LogP contribution is -2.48. The highest BCUT2D eigenvalue weighted by Gasteiger charge is 2.44. The molecule has 3 heterocycles. The Labute approximate surface area is 139 Å². The normalized spacial score (nSPS) is 28.0. The van der Waals surface area contributed by atoms with E-state index in [0.717, 1.165) is 35.8 Å². The highest BCUT2D eigenvalue weighted by Crippen LogP contribution is 2.41. The van der Waals surface area contributed by atoms with E-state index in [1.54, 1.807) is 28.6 Å². The lowest BCUT2D eigenvalue weighted by atomic mass is 9.92. The molecular weight excluding hydrogens is 318 g/mol. The van der Waals surface area contributed by atoms with Crippen LogP contribution in [0.4, 0.5) is 4.79 Å². The summed E-state index contributed by atoms with van der Waals surface area (Å²) in [6, 6.07) is 0.710. The number of thioether (sulfide) groups is 1. The van der Waals surface area contributed by atoms with Crippen LogP contribution in [0.1, 0.15) is 46.5 Å². The number of aromatic nitrogens is 2. The number of carbonyl (C=O) groups is 1. The van der Waals surface area contributed by atoms with Gasteiger partial charge in [-0.2, -0.15) is 0 Å². The van der Waals surface area contributed by atoms with Gasteiger partial charge < -0.3 is 9.64 Å². The summed E-state index contributed by atoms with van der Waals surface area (Å²) in [4.78, 5) is 14.4. The van der Waals surface area contributed by atoms with E-state index >= 15 is 0 Å². The first kappa shape index (κ1) is 16.1. The second kappa shape index (κ2) is 6.35. The number of rotatable bonds is 3. The van der Waals surface area contributed by atoms with Crippen LogP contribution in [-0.4, -0.2) is 44.6 Å². The van der Waals surface area contributed by atoms with E-state index in [9.17, 15) is 4.79 Å². The molecule has 1 aromatic rings. The van der Waals surface area contributed by atoms with E-state index in [1.165, 1.54) is 0 Å². The van der Waals surface area contributed by atoms with E-state index in [1.807, 2.05) is 25.7 Å². The lowest BCUT2D eigenvalue weighted by Gasteiger charge is -2.39. The van der Waals surface area contributed by atoms with Crippen molar-refractivity contribution >= 4 is 29.2 Å². The van der Waals surface area contributed by atoms with Crippen molar-refractivity contribution in [1.82, 2.24) is 15.1 Å². The topological polar surface area (TPSA) is 55.3 Å². The molecule has 7 heteroatoms. The van der Waals surface area contributed by atoms with Gasteiger partial charge in [-0.15, -0.1) is 10.2 Å². The molecule has 0 radical (unpaired) electrons. The highest BCUT2D eigenvalue weighted by atomic mass is 32.2. The molecule has 0 N–H and O–H groups in total. The monoisotopic (exact) mass is 341 g/mol. The van der Waals surface area contributed by atoms with Crippen molar-refractivity contribution in [1.29, 1.82) is 0 Å². The van der Waals surface area contributed by atoms with Crippen molar-refractivity contribution in [3.8, 4) is 0 Å². The molecule has 2 unspecified atom stereocenters. The zero-order chi connectivity index (χ0) is 15.7. The molecule has 0 aromatic carbocycles. The van der Waals surface area contributed by atoms with Crippen molar-refractivity contribution in [2.75, 3.05) is 5.75 Å². The fraction of sp³-hybridized carbons (Fsp3) is 0.800. The molecular formula is C15H23N3O2S2. The molecule has 2 atom stereocenters. The Bertz CT molecular complexity index is 501. The van der Waals surface area contributed by atoms with Gasteiger partial charge in [-0.3, -0.25) is 0 Å². The summed E-state index contributed by atoms with van der Waals surface area (Å²) in [6.07, 6.45) is 4.27. The van der Waals surface area contributed by atoms with Gasteiger partial charge in [-0.1, -0.05) is 23.1 Å². The number of nitrogens with zero attached hydrogens (tertiary/aromatic N) is 3. The van der Waals surface area contributed by atoms with Gasteiger partial charge in [0.05, 0.1) is 0 Å². The van der Waals surface area contributed by atoms with Crippen molar-refractivity contribution in [2.24, 2.45) is 5.92 Å². The van der Waals surface area contributed by atoms with Crippen molar-refractivity contribution in [3.05, 3.63) is 5.51 Å². The van der Waals surface area contributed by atoms with Crippen LogP contribution in [0.3, 0.4) is 0 Å². The maximum Gasteiger partial charge on any atom is 0.410 e. The average Bonchev–Trinajstić information content (AvgIpc) is 3.01. The van der Waals surface area contributed by atoms with Crippen LogP contribution < -0.4 is 0 Å². The van der Waals surface area contributed by atoms with E-state index < -0.39 is 5.60 Å². The second-order valence-corrected chi connectivity index (χ2v) is 9.23. The van der Waals surface area contributed by atoms with E-state index in [2.05, 4.69) is 10.2 Å². The molecule has 3 rings (SSSR count). The third-order valence-corrected chi connectivity index (χ3v) is 6.31. The Morgan fingerprint density at radius 1 is 1.41 bits per heavy atom. The zero-order valence-corrected chi connectivity index (χ0v) is 15.0. The number of ether oxygens (including phenoxy) is 1. The van der Waals surface area contributed by atoms with Gasteiger partial charge in [0.1, 0.15) is 11.1 Å². The number of amides is 1. The van der Waals surface area contributed by atoms with Gasteiger partial charge >= 0.3 is 6.09 Å². The molecule has 0 spiro atoms. The largest absolute Gasteiger partial charge is 0.444 e. The van der Waals surface area contributed by atoms with Gasteiger partial charge in [0.15, 0.2) is 4.34 Å². The molecule has 122 valence electrons. The van der Waals surface area contributed by atoms with Gasteiger partial charge in [0.2, 0.25) is 0 Å². The molecule has 2 aliphatic heterocycles. The van der Waals surface area contributed by atoms with Gasteiger partial charge in [-0.05, 0) is 52.4 Å². The standard InChI is InChI=1S/C15H23N3O2S2/c1-15(2,3)20-14(19)18-11-4-5-12(18)7-10(6-11)8-21-13-17-16-9-22-13/h9-12H,4-8H2,1-3H3. The average molecular weight is 342 g/mol. The molecule has 1 amide bonds. The molecule has 0 aliphatic carbocycles. The smallest absolute Gasteiger partial charge is 0.410 e. The number of hydrogen-bond acceptors (Lipinski definition) is 6. The van der Waals surface area contributed by atoms with E-state index in [-0.39, 0.29) is 6.09 Å². The van der Waals surface area contributed by atoms with Crippen LogP contribution in [0.2, 0.25) is 0 Å². The Hall–Kier alpha value is -0.820. The summed E-state index contributed by atoms with van der Waals surface area (Å²) in [5.41, 5.74) is 1.36. The minimum absolute atomic E-state index is 0.129. The van der Waals surface area contributed by atoms with Crippen molar-refractivity contribution < 1.29 is 9.53 Å². The number of piperidine rings is 1. The summed E-state index contributed by atoms with van der Waals surface area (Å²) >= 11 is 3.39. The van der Waals surface area contributed by atoms with Crippen LogP contribution in [0.5, 0.6) is 0 Å². The zero-order valence-electron chi connectivity index (χ0n) is 13.3. The molecule has 2 fully saturated rings. The molecule has 2 saturated heterocycles. The van der Waals surface area contributed by atoms with E-state index in [4.69, 9.17) is 4.74 Å². The number of carbonyl (C=O) groups excluding carboxylic acids is 1. The fourth-order valence-corrected chi connectivity index (χ4v) is 5.09. The van der Waals surface area contributed by atoms with Crippen molar-refractivity contribution in [2.45, 2.75) is 68.5 Å². The summed E-state index contributed by atoms with van der Waals surface area (Å²) < 4.78 is 6.62. The maximum atomic E-state index is 12.4. The lowest BCUT2D eigenvalue weighted by molar-refractivity contribution is 0.00340. The highest BCUT2D eigenvalue weighted by molar-refractivity contribution is 8.01. The first-order chi connectivity index (χ1) is 10.4. The summed E-state index contributed by atoms with van der Waals surface area (Å²) in [6.45, 7) is 5.79. The first-order valence-electron chi connectivity index (χ1n) is 7.82. The Kier molecular flexibility index (Phi) is 4.64. The third-order valence-electron chi connectivity index (χ3n) is 4.22. The van der Waals surface area contributed by atoms with Crippen molar-refractivity contribution in [3.63, 3.8) is 0 Å². The fourth-order valence-electron chi connectivity index (χ4n) is 3.45. The molecule has 22 heavy (non-hydrogen) atoms.